The van der Waals surface area contributed by atoms with Gasteiger partial charge in [0.05, 0.1) is 11.0 Å². The molecule has 2 aromatic carbocycles. The van der Waals surface area contributed by atoms with Gasteiger partial charge < -0.3 is 4.57 Å². The lowest BCUT2D eigenvalue weighted by atomic mass is 10.1. The Hall–Kier alpha value is -2.35. The Morgan fingerprint density at radius 2 is 1.83 bits per heavy atom. The molecule has 0 bridgehead atoms. The van der Waals surface area contributed by atoms with Crippen LogP contribution < -0.4 is 0 Å². The highest BCUT2D eigenvalue weighted by atomic mass is 15.1. The molecule has 0 atom stereocenters. The van der Waals surface area contributed by atoms with Crippen LogP contribution in [0.1, 0.15) is 5.56 Å². The summed E-state index contributed by atoms with van der Waals surface area (Å²) in [6, 6.07) is 16.7. The molecular formula is C16H12N2. The molecule has 2 nitrogen and oxygen atoms in total. The van der Waals surface area contributed by atoms with Crippen molar-refractivity contribution >= 4 is 17.1 Å². The first-order chi connectivity index (χ1) is 8.93. The summed E-state index contributed by atoms with van der Waals surface area (Å²) in [5, 5.41) is 0. The van der Waals surface area contributed by atoms with Crippen LogP contribution in [-0.2, 0) is 6.54 Å². The Bertz CT molecular complexity index is 751. The zero-order chi connectivity index (χ0) is 11.9. The number of benzene rings is 2. The number of rotatable bonds is 1. The van der Waals surface area contributed by atoms with Crippen molar-refractivity contribution in [2.45, 2.75) is 6.54 Å². The van der Waals surface area contributed by atoms with E-state index in [4.69, 9.17) is 4.98 Å². The Balaban J connectivity index is 2.08. The Morgan fingerprint density at radius 1 is 0.944 bits per heavy atom. The molecule has 1 aliphatic heterocycles. The zero-order valence-corrected chi connectivity index (χ0v) is 9.88. The molecule has 2 heterocycles. The van der Waals surface area contributed by atoms with Gasteiger partial charge in [0.25, 0.3) is 0 Å². The monoisotopic (exact) mass is 232 g/mol. The van der Waals surface area contributed by atoms with Gasteiger partial charge in [-0.3, -0.25) is 0 Å². The molecule has 0 unspecified atom stereocenters. The van der Waals surface area contributed by atoms with Crippen LogP contribution in [0.2, 0.25) is 0 Å². The molecule has 4 rings (SSSR count). The van der Waals surface area contributed by atoms with E-state index in [1.807, 2.05) is 6.07 Å². The van der Waals surface area contributed by atoms with Gasteiger partial charge in [0, 0.05) is 17.7 Å². The Morgan fingerprint density at radius 3 is 2.72 bits per heavy atom. The van der Waals surface area contributed by atoms with Gasteiger partial charge in [0.1, 0.15) is 5.82 Å². The average Bonchev–Trinajstić information content (AvgIpc) is 2.82. The van der Waals surface area contributed by atoms with E-state index in [2.05, 4.69) is 59.2 Å². The van der Waals surface area contributed by atoms with Gasteiger partial charge in [0.2, 0.25) is 0 Å². The van der Waals surface area contributed by atoms with Crippen LogP contribution in [0, 0.1) is 0 Å². The van der Waals surface area contributed by atoms with E-state index in [1.54, 1.807) is 0 Å². The van der Waals surface area contributed by atoms with Crippen LogP contribution in [0.5, 0.6) is 0 Å². The summed E-state index contributed by atoms with van der Waals surface area (Å²) < 4.78 is 2.29. The molecule has 0 saturated heterocycles. The molecule has 0 spiro atoms. The van der Waals surface area contributed by atoms with Crippen LogP contribution >= 0.6 is 0 Å². The number of imidazole rings is 1. The first-order valence-electron chi connectivity index (χ1n) is 6.15. The molecule has 0 radical (unpaired) electrons. The maximum absolute atomic E-state index is 4.78. The molecular weight excluding hydrogens is 220 g/mol. The third kappa shape index (κ3) is 1.26. The van der Waals surface area contributed by atoms with Gasteiger partial charge >= 0.3 is 0 Å². The van der Waals surface area contributed by atoms with Crippen molar-refractivity contribution in [3.63, 3.8) is 0 Å². The van der Waals surface area contributed by atoms with Gasteiger partial charge in [-0.2, -0.15) is 0 Å². The van der Waals surface area contributed by atoms with Gasteiger partial charge in [-0.15, -0.1) is 0 Å². The molecule has 18 heavy (non-hydrogen) atoms. The smallest absolute Gasteiger partial charge is 0.141 e. The van der Waals surface area contributed by atoms with E-state index in [0.29, 0.717) is 0 Å². The Labute approximate surface area is 105 Å². The summed E-state index contributed by atoms with van der Waals surface area (Å²) in [6.45, 7) is 0.901. The molecule has 0 fully saturated rings. The zero-order valence-electron chi connectivity index (χ0n) is 9.88. The molecule has 86 valence electrons. The number of para-hydroxylation sites is 1. The summed E-state index contributed by atoms with van der Waals surface area (Å²) >= 11 is 0. The van der Waals surface area contributed by atoms with E-state index in [-0.39, 0.29) is 0 Å². The predicted octanol–water partition coefficient (Wildman–Crippen LogP) is 3.73. The van der Waals surface area contributed by atoms with E-state index < -0.39 is 0 Å². The van der Waals surface area contributed by atoms with Crippen LogP contribution in [0.25, 0.3) is 28.5 Å². The standard InChI is InChI=1S/C16H12N2/c1-2-6-13(7-3-1)16-17-14-10-4-8-12-9-5-11-18(16)15(12)14/h1-10H,11H2. The van der Waals surface area contributed by atoms with E-state index in [1.165, 1.54) is 16.6 Å². The minimum atomic E-state index is 0.901. The van der Waals surface area contributed by atoms with Crippen molar-refractivity contribution in [3.8, 4) is 11.4 Å². The third-order valence-electron chi connectivity index (χ3n) is 3.42. The van der Waals surface area contributed by atoms with E-state index in [0.717, 1.165) is 17.9 Å². The second-order valence-corrected chi connectivity index (χ2v) is 4.53. The SMILES string of the molecule is C1=Cc2cccc3nc(-c4ccccc4)n(c23)C1. The van der Waals surface area contributed by atoms with Crippen molar-refractivity contribution in [1.29, 1.82) is 0 Å². The van der Waals surface area contributed by atoms with Crippen LogP contribution in [0.15, 0.2) is 54.6 Å². The summed E-state index contributed by atoms with van der Waals surface area (Å²) in [7, 11) is 0. The summed E-state index contributed by atoms with van der Waals surface area (Å²) in [4.78, 5) is 4.78. The van der Waals surface area contributed by atoms with Crippen LogP contribution in [-0.4, -0.2) is 9.55 Å². The predicted molar refractivity (Wildman–Crippen MR) is 74.2 cm³/mol. The van der Waals surface area contributed by atoms with Crippen LogP contribution in [0.3, 0.4) is 0 Å². The van der Waals surface area contributed by atoms with Crippen molar-refractivity contribution in [3.05, 3.63) is 60.2 Å². The quantitative estimate of drug-likeness (QED) is 0.625. The normalized spacial score (nSPS) is 13.1. The Kier molecular flexibility index (Phi) is 1.92. The number of nitrogens with zero attached hydrogens (tertiary/aromatic N) is 2. The van der Waals surface area contributed by atoms with E-state index >= 15 is 0 Å². The molecule has 2 heteroatoms. The number of hydrogen-bond donors (Lipinski definition) is 0. The first kappa shape index (κ1) is 9.66. The minimum absolute atomic E-state index is 0.901. The van der Waals surface area contributed by atoms with Gasteiger partial charge in [-0.1, -0.05) is 54.6 Å². The lowest BCUT2D eigenvalue weighted by Crippen LogP contribution is -2.02. The molecule has 3 aromatic rings. The molecule has 0 saturated carbocycles. The summed E-state index contributed by atoms with van der Waals surface area (Å²) in [5.74, 6) is 1.06. The second-order valence-electron chi connectivity index (χ2n) is 4.53. The molecule has 0 N–H and O–H groups in total. The largest absolute Gasteiger partial charge is 0.320 e. The molecule has 1 aliphatic rings. The maximum Gasteiger partial charge on any atom is 0.141 e. The second kappa shape index (κ2) is 3.57. The first-order valence-corrected chi connectivity index (χ1v) is 6.15. The fraction of sp³-hybridized carbons (Fsp3) is 0.0625. The maximum atomic E-state index is 4.78. The average molecular weight is 232 g/mol. The molecule has 1 aromatic heterocycles. The summed E-state index contributed by atoms with van der Waals surface area (Å²) in [6.07, 6.45) is 4.37. The molecule has 0 aliphatic carbocycles. The minimum Gasteiger partial charge on any atom is -0.320 e. The number of aromatic nitrogens is 2. The molecule has 0 amide bonds. The number of hydrogen-bond acceptors (Lipinski definition) is 1. The topological polar surface area (TPSA) is 17.8 Å². The fourth-order valence-corrected chi connectivity index (χ4v) is 2.62. The van der Waals surface area contributed by atoms with E-state index in [9.17, 15) is 0 Å². The van der Waals surface area contributed by atoms with Crippen molar-refractivity contribution in [2.24, 2.45) is 0 Å². The highest BCUT2D eigenvalue weighted by Gasteiger charge is 2.15. The fourth-order valence-electron chi connectivity index (χ4n) is 2.62. The van der Waals surface area contributed by atoms with Crippen LogP contribution in [0.4, 0.5) is 0 Å². The van der Waals surface area contributed by atoms with Crippen molar-refractivity contribution in [1.82, 2.24) is 9.55 Å². The van der Waals surface area contributed by atoms with Gasteiger partial charge in [-0.05, 0) is 6.07 Å². The highest BCUT2D eigenvalue weighted by Crippen LogP contribution is 2.29. The van der Waals surface area contributed by atoms with Crippen molar-refractivity contribution < 1.29 is 0 Å². The third-order valence-corrected chi connectivity index (χ3v) is 3.42. The number of allylic oxidation sites excluding steroid dienone is 1. The lowest BCUT2D eigenvalue weighted by Gasteiger charge is -2.11. The van der Waals surface area contributed by atoms with Crippen molar-refractivity contribution in [2.75, 3.05) is 0 Å². The van der Waals surface area contributed by atoms with Gasteiger partial charge in [-0.25, -0.2) is 4.98 Å². The highest BCUT2D eigenvalue weighted by molar-refractivity contribution is 5.89. The summed E-state index contributed by atoms with van der Waals surface area (Å²) in [5.41, 5.74) is 4.76. The van der Waals surface area contributed by atoms with Gasteiger partial charge in [0.15, 0.2) is 0 Å². The lowest BCUT2D eigenvalue weighted by molar-refractivity contribution is 0.855.